The van der Waals surface area contributed by atoms with Gasteiger partial charge in [0.25, 0.3) is 0 Å². The molecule has 1 saturated heterocycles. The van der Waals surface area contributed by atoms with E-state index in [0.29, 0.717) is 18.7 Å². The van der Waals surface area contributed by atoms with Gasteiger partial charge in [0.05, 0.1) is 30.8 Å². The number of amides is 1. The van der Waals surface area contributed by atoms with Crippen molar-refractivity contribution in [1.29, 1.82) is 5.26 Å². The average Bonchev–Trinajstić information content (AvgIpc) is 2.69. The number of alkyl halides is 4. The van der Waals surface area contributed by atoms with Crippen molar-refractivity contribution in [1.82, 2.24) is 4.90 Å². The Morgan fingerprint density at radius 1 is 1.21 bits per heavy atom. The van der Waals surface area contributed by atoms with E-state index < -0.39 is 29.2 Å². The van der Waals surface area contributed by atoms with Gasteiger partial charge in [-0.15, -0.1) is 11.6 Å². The number of rotatable bonds is 5. The number of nitrogens with zero attached hydrogens (tertiary/aromatic N) is 3. The van der Waals surface area contributed by atoms with Crippen LogP contribution in [0.25, 0.3) is 0 Å². The monoisotopic (exact) mass is 421 g/mol. The number of halogens is 4. The first-order chi connectivity index (χ1) is 13.7. The Balaban J connectivity index is 1.88. The van der Waals surface area contributed by atoms with Crippen molar-refractivity contribution in [2.75, 3.05) is 23.9 Å². The largest absolute Gasteiger partial charge is 0.416 e. The molecule has 152 valence electrons. The Kier molecular flexibility index (Phi) is 5.76. The molecular formula is C21H19ClF3N3O. The van der Waals surface area contributed by atoms with E-state index in [0.717, 1.165) is 17.8 Å². The third-order valence-electron chi connectivity index (χ3n) is 5.19. The van der Waals surface area contributed by atoms with Crippen LogP contribution in [0, 0.1) is 11.3 Å². The molecule has 0 aliphatic carbocycles. The highest BCUT2D eigenvalue weighted by molar-refractivity contribution is 6.27. The average molecular weight is 422 g/mol. The zero-order chi connectivity index (χ0) is 21.2. The Labute approximate surface area is 172 Å². The van der Waals surface area contributed by atoms with Gasteiger partial charge in [0, 0.05) is 5.69 Å². The van der Waals surface area contributed by atoms with Gasteiger partial charge < -0.3 is 9.80 Å². The molecule has 0 N–H and O–H groups in total. The molecule has 0 saturated carbocycles. The molecule has 1 heterocycles. The Bertz CT molecular complexity index is 904. The standard InChI is InChI=1S/C21H19ClF3N3O/c1-15(16-7-9-17(10-8-16)21(23,24)25)28(19(29)11-22)20(12-26)13-27(14-20)18-5-3-2-4-6-18/h2-10,15H,11,13-14H2,1H3/t15-/m0/s1. The molecular weight excluding hydrogens is 403 g/mol. The third-order valence-corrected chi connectivity index (χ3v) is 5.41. The summed E-state index contributed by atoms with van der Waals surface area (Å²) in [6.45, 7) is 2.28. The van der Waals surface area contributed by atoms with E-state index in [1.165, 1.54) is 17.0 Å². The molecule has 1 aliphatic heterocycles. The van der Waals surface area contributed by atoms with Gasteiger partial charge >= 0.3 is 6.18 Å². The lowest BCUT2D eigenvalue weighted by Gasteiger charge is -2.54. The summed E-state index contributed by atoms with van der Waals surface area (Å²) < 4.78 is 38.5. The van der Waals surface area contributed by atoms with Crippen LogP contribution >= 0.6 is 11.6 Å². The number of anilines is 1. The minimum atomic E-state index is -4.44. The van der Waals surface area contributed by atoms with Gasteiger partial charge in [-0.2, -0.15) is 18.4 Å². The van der Waals surface area contributed by atoms with Crippen LogP contribution in [0.3, 0.4) is 0 Å². The summed E-state index contributed by atoms with van der Waals surface area (Å²) in [6.07, 6.45) is -4.44. The van der Waals surface area contributed by atoms with Crippen LogP contribution in [0.15, 0.2) is 54.6 Å². The van der Waals surface area contributed by atoms with Crippen LogP contribution in [0.1, 0.15) is 24.1 Å². The second kappa shape index (κ2) is 7.96. The molecule has 0 spiro atoms. The highest BCUT2D eigenvalue weighted by atomic mass is 35.5. The van der Waals surface area contributed by atoms with E-state index in [-0.39, 0.29) is 5.88 Å². The van der Waals surface area contributed by atoms with Crippen molar-refractivity contribution in [2.45, 2.75) is 24.7 Å². The quantitative estimate of drug-likeness (QED) is 0.662. The topological polar surface area (TPSA) is 47.3 Å². The molecule has 1 fully saturated rings. The lowest BCUT2D eigenvalue weighted by Crippen LogP contribution is -2.71. The summed E-state index contributed by atoms with van der Waals surface area (Å²) in [5, 5.41) is 9.90. The van der Waals surface area contributed by atoms with E-state index in [4.69, 9.17) is 11.6 Å². The van der Waals surface area contributed by atoms with Crippen LogP contribution in [0.5, 0.6) is 0 Å². The molecule has 2 aromatic rings. The third kappa shape index (κ3) is 4.03. The molecule has 1 atom stereocenters. The molecule has 0 unspecified atom stereocenters. The summed E-state index contributed by atoms with van der Waals surface area (Å²) in [6, 6.07) is 15.7. The van der Waals surface area contributed by atoms with Gasteiger partial charge in [0.15, 0.2) is 5.54 Å². The van der Waals surface area contributed by atoms with E-state index in [2.05, 4.69) is 6.07 Å². The molecule has 0 bridgehead atoms. The predicted molar refractivity (Wildman–Crippen MR) is 104 cm³/mol. The Hall–Kier alpha value is -2.72. The van der Waals surface area contributed by atoms with Gasteiger partial charge in [-0.1, -0.05) is 30.3 Å². The number of hydrogen-bond donors (Lipinski definition) is 0. The second-order valence-corrected chi connectivity index (χ2v) is 7.30. The fourth-order valence-electron chi connectivity index (χ4n) is 3.67. The molecule has 0 radical (unpaired) electrons. The maximum Gasteiger partial charge on any atom is 0.416 e. The Morgan fingerprint density at radius 3 is 2.28 bits per heavy atom. The Morgan fingerprint density at radius 2 is 1.79 bits per heavy atom. The van der Waals surface area contributed by atoms with Gasteiger partial charge in [-0.3, -0.25) is 4.79 Å². The molecule has 3 rings (SSSR count). The van der Waals surface area contributed by atoms with E-state index in [1.54, 1.807) is 6.92 Å². The van der Waals surface area contributed by atoms with Crippen molar-refractivity contribution < 1.29 is 18.0 Å². The molecule has 0 aromatic heterocycles. The highest BCUT2D eigenvalue weighted by Gasteiger charge is 2.52. The number of para-hydroxylation sites is 1. The SMILES string of the molecule is C[C@@H](c1ccc(C(F)(F)F)cc1)N(C(=O)CCl)C1(C#N)CN(c2ccccc2)C1. The lowest BCUT2D eigenvalue weighted by atomic mass is 9.86. The van der Waals surface area contributed by atoms with E-state index in [9.17, 15) is 23.2 Å². The molecule has 29 heavy (non-hydrogen) atoms. The van der Waals surface area contributed by atoms with Gasteiger partial charge in [0.2, 0.25) is 5.91 Å². The second-order valence-electron chi connectivity index (χ2n) is 7.03. The summed E-state index contributed by atoms with van der Waals surface area (Å²) >= 11 is 5.80. The molecule has 8 heteroatoms. The fourth-order valence-corrected chi connectivity index (χ4v) is 3.80. The van der Waals surface area contributed by atoms with Crippen LogP contribution in [0.2, 0.25) is 0 Å². The van der Waals surface area contributed by atoms with Crippen LogP contribution in [-0.4, -0.2) is 35.3 Å². The van der Waals surface area contributed by atoms with Crippen molar-refractivity contribution in [3.8, 4) is 6.07 Å². The predicted octanol–water partition coefficient (Wildman–Crippen LogP) is 4.62. The van der Waals surface area contributed by atoms with Crippen molar-refractivity contribution in [2.24, 2.45) is 0 Å². The van der Waals surface area contributed by atoms with Crippen molar-refractivity contribution in [3.63, 3.8) is 0 Å². The van der Waals surface area contributed by atoms with Crippen molar-refractivity contribution in [3.05, 3.63) is 65.7 Å². The molecule has 1 amide bonds. The first-order valence-corrected chi connectivity index (χ1v) is 9.52. The smallest absolute Gasteiger partial charge is 0.364 e. The highest BCUT2D eigenvalue weighted by Crippen LogP contribution is 2.38. The minimum absolute atomic E-state index is 0.293. The van der Waals surface area contributed by atoms with E-state index >= 15 is 0 Å². The molecule has 1 aliphatic rings. The number of benzene rings is 2. The first-order valence-electron chi connectivity index (χ1n) is 8.98. The maximum atomic E-state index is 12.8. The minimum Gasteiger partial charge on any atom is -0.364 e. The fraction of sp³-hybridized carbons (Fsp3) is 0.333. The van der Waals surface area contributed by atoms with Gasteiger partial charge in [0.1, 0.15) is 5.88 Å². The summed E-state index contributed by atoms with van der Waals surface area (Å²) in [5.41, 5.74) is -0.440. The van der Waals surface area contributed by atoms with E-state index in [1.807, 2.05) is 35.2 Å². The number of nitriles is 1. The summed E-state index contributed by atoms with van der Waals surface area (Å²) in [4.78, 5) is 16.0. The van der Waals surface area contributed by atoms with Crippen LogP contribution in [-0.2, 0) is 11.0 Å². The molecule has 2 aromatic carbocycles. The van der Waals surface area contributed by atoms with Gasteiger partial charge in [-0.25, -0.2) is 0 Å². The van der Waals surface area contributed by atoms with Crippen LogP contribution < -0.4 is 4.90 Å². The summed E-state index contributed by atoms with van der Waals surface area (Å²) in [7, 11) is 0. The molecule has 4 nitrogen and oxygen atoms in total. The van der Waals surface area contributed by atoms with Crippen molar-refractivity contribution >= 4 is 23.2 Å². The van der Waals surface area contributed by atoms with Crippen LogP contribution in [0.4, 0.5) is 18.9 Å². The number of hydrogen-bond acceptors (Lipinski definition) is 3. The number of carbonyl (C=O) groups is 1. The summed E-state index contributed by atoms with van der Waals surface area (Å²) in [5.74, 6) is -0.756. The lowest BCUT2D eigenvalue weighted by molar-refractivity contribution is -0.138. The first kappa shape index (κ1) is 21.0. The zero-order valence-electron chi connectivity index (χ0n) is 15.7. The maximum absolute atomic E-state index is 12.8. The van der Waals surface area contributed by atoms with Gasteiger partial charge in [-0.05, 0) is 36.8 Å². The number of carbonyl (C=O) groups excluding carboxylic acids is 1. The zero-order valence-corrected chi connectivity index (χ0v) is 16.4. The normalized spacial score (nSPS) is 16.5.